The normalized spacial score (nSPS) is 10.6. The van der Waals surface area contributed by atoms with Gasteiger partial charge in [0.15, 0.2) is 11.6 Å². The zero-order valence-electron chi connectivity index (χ0n) is 15.0. The molecule has 0 aliphatic rings. The van der Waals surface area contributed by atoms with E-state index < -0.39 is 0 Å². The highest BCUT2D eigenvalue weighted by Gasteiger charge is 2.16. The first-order chi connectivity index (χ1) is 11.9. The number of hydrogen-bond acceptors (Lipinski definition) is 6. The average Bonchev–Trinajstić information content (AvgIpc) is 2.58. The molecule has 2 aromatic rings. The average molecular weight is 344 g/mol. The molecule has 25 heavy (non-hydrogen) atoms. The van der Waals surface area contributed by atoms with Crippen molar-refractivity contribution in [2.24, 2.45) is 0 Å². The molecule has 4 N–H and O–H groups in total. The van der Waals surface area contributed by atoms with Gasteiger partial charge in [-0.05, 0) is 31.9 Å². The van der Waals surface area contributed by atoms with Crippen LogP contribution >= 0.6 is 0 Å². The maximum Gasteiger partial charge on any atom is 0.299 e. The van der Waals surface area contributed by atoms with E-state index in [1.165, 1.54) is 4.57 Å². The Morgan fingerprint density at radius 3 is 2.72 bits per heavy atom. The van der Waals surface area contributed by atoms with Crippen LogP contribution in [0.1, 0.15) is 30.3 Å². The Hall–Kier alpha value is -2.90. The van der Waals surface area contributed by atoms with Gasteiger partial charge < -0.3 is 16.4 Å². The lowest BCUT2D eigenvalue weighted by atomic mass is 10.1. The van der Waals surface area contributed by atoms with Gasteiger partial charge >= 0.3 is 0 Å². The number of hydrogen-bond donors (Lipinski definition) is 3. The van der Waals surface area contributed by atoms with Gasteiger partial charge in [0.2, 0.25) is 5.91 Å². The molecule has 0 aliphatic carbocycles. The van der Waals surface area contributed by atoms with E-state index in [-0.39, 0.29) is 23.7 Å². The summed E-state index contributed by atoms with van der Waals surface area (Å²) >= 11 is 0. The number of anilines is 2. The summed E-state index contributed by atoms with van der Waals surface area (Å²) in [5, 5.41) is 5.59. The Balaban J connectivity index is 2.53. The van der Waals surface area contributed by atoms with Gasteiger partial charge in [-0.15, -0.1) is 0 Å². The minimum Gasteiger partial charge on any atom is -0.396 e. The third-order valence-corrected chi connectivity index (χ3v) is 3.85. The van der Waals surface area contributed by atoms with Gasteiger partial charge in [0, 0.05) is 31.2 Å². The van der Waals surface area contributed by atoms with Crippen LogP contribution in [0.4, 0.5) is 11.5 Å². The number of likely N-dealkylation sites (N-methyl/N-ethyl adjacent to an activating group) is 1. The predicted molar refractivity (Wildman–Crippen MR) is 98.1 cm³/mol. The molecule has 2 aromatic heterocycles. The van der Waals surface area contributed by atoms with Crippen LogP contribution in [0.2, 0.25) is 0 Å². The predicted octanol–water partition coefficient (Wildman–Crippen LogP) is 0.937. The van der Waals surface area contributed by atoms with Crippen LogP contribution in [0.15, 0.2) is 17.1 Å². The number of aromatic nitrogens is 3. The molecule has 0 bridgehead atoms. The molecule has 0 atom stereocenters. The lowest BCUT2D eigenvalue weighted by Gasteiger charge is -2.15. The number of amides is 1. The van der Waals surface area contributed by atoms with Crippen molar-refractivity contribution in [1.29, 1.82) is 0 Å². The number of nitrogens with zero attached hydrogens (tertiary/aromatic N) is 3. The Morgan fingerprint density at radius 1 is 1.36 bits per heavy atom. The summed E-state index contributed by atoms with van der Waals surface area (Å²) in [6, 6.07) is 1.69. The fourth-order valence-electron chi connectivity index (χ4n) is 2.44. The van der Waals surface area contributed by atoms with Crippen LogP contribution in [-0.2, 0) is 11.2 Å². The molecule has 8 heteroatoms. The molecule has 2 heterocycles. The topological polar surface area (TPSA) is 115 Å². The second-order valence-corrected chi connectivity index (χ2v) is 5.81. The second-order valence-electron chi connectivity index (χ2n) is 5.81. The highest BCUT2D eigenvalue weighted by molar-refractivity contribution is 5.79. The standard InChI is InChI=1S/C17H24N6O2/c1-5-6-20-15-17(25)23(10(2)9-21-15)16-13(18)7-12(11(3)22-16)8-14(24)19-4/h7,9H,5-6,8,18H2,1-4H3,(H,19,24)(H,20,21). The van der Waals surface area contributed by atoms with Crippen molar-refractivity contribution < 1.29 is 4.79 Å². The van der Waals surface area contributed by atoms with Gasteiger partial charge in [0.1, 0.15) is 0 Å². The number of nitrogens with two attached hydrogens (primary N) is 1. The van der Waals surface area contributed by atoms with Crippen molar-refractivity contribution in [3.05, 3.63) is 39.6 Å². The van der Waals surface area contributed by atoms with E-state index in [9.17, 15) is 9.59 Å². The molecule has 2 rings (SSSR count). The maximum absolute atomic E-state index is 12.7. The molecule has 0 unspecified atom stereocenters. The summed E-state index contributed by atoms with van der Waals surface area (Å²) in [4.78, 5) is 33.0. The number of nitrogens with one attached hydrogen (secondary N) is 2. The van der Waals surface area contributed by atoms with Gasteiger partial charge in [-0.2, -0.15) is 0 Å². The molecular weight excluding hydrogens is 320 g/mol. The van der Waals surface area contributed by atoms with Gasteiger partial charge in [-0.25, -0.2) is 9.97 Å². The molecule has 0 spiro atoms. The quantitative estimate of drug-likeness (QED) is 0.718. The Labute approximate surface area is 146 Å². The van der Waals surface area contributed by atoms with Crippen molar-refractivity contribution in [3.63, 3.8) is 0 Å². The third-order valence-electron chi connectivity index (χ3n) is 3.85. The van der Waals surface area contributed by atoms with E-state index in [0.717, 1.165) is 12.0 Å². The van der Waals surface area contributed by atoms with Crippen LogP contribution in [0.5, 0.6) is 0 Å². The number of pyridine rings is 1. The van der Waals surface area contributed by atoms with E-state index in [2.05, 4.69) is 20.6 Å². The van der Waals surface area contributed by atoms with Crippen LogP contribution < -0.4 is 21.9 Å². The molecular formula is C17H24N6O2. The van der Waals surface area contributed by atoms with Gasteiger partial charge in [-0.1, -0.05) is 6.92 Å². The fourth-order valence-corrected chi connectivity index (χ4v) is 2.44. The zero-order chi connectivity index (χ0) is 18.6. The Morgan fingerprint density at radius 2 is 2.08 bits per heavy atom. The summed E-state index contributed by atoms with van der Waals surface area (Å²) < 4.78 is 1.44. The summed E-state index contributed by atoms with van der Waals surface area (Å²) in [6.07, 6.45) is 2.67. The molecule has 0 fully saturated rings. The summed E-state index contributed by atoms with van der Waals surface area (Å²) in [5.74, 6) is 0.490. The Bertz CT molecular complexity index is 844. The number of carbonyl (C=O) groups excluding carboxylic acids is 1. The largest absolute Gasteiger partial charge is 0.396 e. The minimum absolute atomic E-state index is 0.125. The zero-order valence-corrected chi connectivity index (χ0v) is 15.0. The van der Waals surface area contributed by atoms with Crippen LogP contribution in [0, 0.1) is 13.8 Å². The van der Waals surface area contributed by atoms with E-state index in [1.54, 1.807) is 33.2 Å². The lowest BCUT2D eigenvalue weighted by molar-refractivity contribution is -0.119. The van der Waals surface area contributed by atoms with Gasteiger partial charge in [0.05, 0.1) is 12.1 Å². The van der Waals surface area contributed by atoms with E-state index >= 15 is 0 Å². The summed E-state index contributed by atoms with van der Waals surface area (Å²) in [7, 11) is 1.58. The van der Waals surface area contributed by atoms with Gasteiger partial charge in [0.25, 0.3) is 5.56 Å². The molecule has 0 aromatic carbocycles. The molecule has 0 aliphatic heterocycles. The third kappa shape index (κ3) is 3.96. The van der Waals surface area contributed by atoms with Crippen molar-refractivity contribution >= 4 is 17.4 Å². The molecule has 1 amide bonds. The van der Waals surface area contributed by atoms with Crippen LogP contribution in [-0.4, -0.2) is 34.0 Å². The molecule has 8 nitrogen and oxygen atoms in total. The molecule has 0 saturated carbocycles. The number of aryl methyl sites for hydroxylation is 2. The van der Waals surface area contributed by atoms with Gasteiger partial charge in [-0.3, -0.25) is 14.2 Å². The summed E-state index contributed by atoms with van der Waals surface area (Å²) in [5.41, 5.74) is 8.18. The first-order valence-corrected chi connectivity index (χ1v) is 8.18. The van der Waals surface area contributed by atoms with Crippen molar-refractivity contribution in [3.8, 4) is 5.82 Å². The molecule has 134 valence electrons. The van der Waals surface area contributed by atoms with Crippen molar-refractivity contribution in [2.45, 2.75) is 33.6 Å². The molecule has 0 radical (unpaired) electrons. The fraction of sp³-hybridized carbons (Fsp3) is 0.412. The number of rotatable bonds is 6. The lowest BCUT2D eigenvalue weighted by Crippen LogP contribution is -2.27. The van der Waals surface area contributed by atoms with Crippen LogP contribution in [0.25, 0.3) is 5.82 Å². The first kappa shape index (κ1) is 18.4. The minimum atomic E-state index is -0.300. The number of nitrogen functional groups attached to an aromatic ring is 1. The smallest absolute Gasteiger partial charge is 0.299 e. The van der Waals surface area contributed by atoms with E-state index in [0.29, 0.717) is 29.4 Å². The number of carbonyl (C=O) groups is 1. The summed E-state index contributed by atoms with van der Waals surface area (Å²) in [6.45, 7) is 6.22. The van der Waals surface area contributed by atoms with E-state index in [1.807, 2.05) is 6.92 Å². The van der Waals surface area contributed by atoms with E-state index in [4.69, 9.17) is 5.73 Å². The van der Waals surface area contributed by atoms with Crippen molar-refractivity contribution in [2.75, 3.05) is 24.6 Å². The van der Waals surface area contributed by atoms with Crippen LogP contribution in [0.3, 0.4) is 0 Å². The SMILES string of the molecule is CCCNc1ncc(C)n(-c2nc(C)c(CC(=O)NC)cc2N)c1=O. The maximum atomic E-state index is 12.7. The van der Waals surface area contributed by atoms with Crippen molar-refractivity contribution in [1.82, 2.24) is 19.9 Å². The highest BCUT2D eigenvalue weighted by atomic mass is 16.1. The molecule has 0 saturated heterocycles. The Kier molecular flexibility index (Phi) is 5.74. The first-order valence-electron chi connectivity index (χ1n) is 8.18. The second kappa shape index (κ2) is 7.78. The monoisotopic (exact) mass is 344 g/mol. The highest BCUT2D eigenvalue weighted by Crippen LogP contribution is 2.20.